The zero-order chi connectivity index (χ0) is 14.1. The minimum atomic E-state index is -0.0284. The second kappa shape index (κ2) is 8.66. The highest BCUT2D eigenvalue weighted by Gasteiger charge is 2.10. The van der Waals surface area contributed by atoms with Crippen LogP contribution in [-0.2, 0) is 22.6 Å². The van der Waals surface area contributed by atoms with Gasteiger partial charge in [-0.25, -0.2) is 4.98 Å². The molecule has 0 aliphatic heterocycles. The molecule has 6 nitrogen and oxygen atoms in total. The Hall–Kier alpha value is -1.40. The molecule has 0 bridgehead atoms. The smallest absolute Gasteiger partial charge is 0.240 e. The van der Waals surface area contributed by atoms with Crippen LogP contribution in [0.3, 0.4) is 0 Å². The molecule has 1 heterocycles. The lowest BCUT2D eigenvalue weighted by Crippen LogP contribution is -2.38. The Bertz CT molecular complexity index is 378. The number of amides is 1. The van der Waals surface area contributed by atoms with Gasteiger partial charge in [0.05, 0.1) is 13.2 Å². The van der Waals surface area contributed by atoms with Crippen LogP contribution in [-0.4, -0.2) is 41.8 Å². The molecule has 0 aromatic carbocycles. The topological polar surface area (TPSA) is 68.2 Å². The largest absolute Gasteiger partial charge is 0.383 e. The van der Waals surface area contributed by atoms with Crippen molar-refractivity contribution >= 4 is 5.91 Å². The Kier molecular flexibility index (Phi) is 7.14. The lowest BCUT2D eigenvalue weighted by molar-refractivity contribution is -0.122. The van der Waals surface area contributed by atoms with Crippen LogP contribution < -0.4 is 10.6 Å². The highest BCUT2D eigenvalue weighted by molar-refractivity contribution is 5.76. The number of rotatable bonds is 9. The van der Waals surface area contributed by atoms with Crippen molar-refractivity contribution in [3.8, 4) is 0 Å². The summed E-state index contributed by atoms with van der Waals surface area (Å²) in [5, 5.41) is 6.16. The maximum absolute atomic E-state index is 11.8. The van der Waals surface area contributed by atoms with Gasteiger partial charge in [-0.05, 0) is 19.9 Å². The average molecular weight is 268 g/mol. The number of methoxy groups -OCH3 is 1. The first-order valence-electron chi connectivity index (χ1n) is 6.66. The fourth-order valence-electron chi connectivity index (χ4n) is 1.80. The van der Waals surface area contributed by atoms with E-state index in [-0.39, 0.29) is 18.5 Å². The van der Waals surface area contributed by atoms with Crippen molar-refractivity contribution in [2.24, 2.45) is 0 Å². The van der Waals surface area contributed by atoms with Gasteiger partial charge in [-0.2, -0.15) is 0 Å². The quantitative estimate of drug-likeness (QED) is 0.641. The zero-order valence-corrected chi connectivity index (χ0v) is 12.0. The van der Waals surface area contributed by atoms with Crippen molar-refractivity contribution in [3.05, 3.63) is 18.2 Å². The lowest BCUT2D eigenvalue weighted by atomic mass is 10.3. The van der Waals surface area contributed by atoms with Crippen molar-refractivity contribution in [2.75, 3.05) is 20.3 Å². The molecule has 1 amide bonds. The number of hydrogen-bond donors (Lipinski definition) is 2. The van der Waals surface area contributed by atoms with E-state index in [2.05, 4.69) is 22.5 Å². The molecule has 1 atom stereocenters. The van der Waals surface area contributed by atoms with Gasteiger partial charge in [0.25, 0.3) is 0 Å². The molecule has 19 heavy (non-hydrogen) atoms. The third-order valence-corrected chi connectivity index (χ3v) is 2.65. The van der Waals surface area contributed by atoms with Gasteiger partial charge in [-0.1, -0.05) is 6.92 Å². The van der Waals surface area contributed by atoms with E-state index in [0.29, 0.717) is 13.2 Å². The minimum absolute atomic E-state index is 0.0164. The number of nitrogens with zero attached hydrogens (tertiary/aromatic N) is 2. The van der Waals surface area contributed by atoms with Crippen molar-refractivity contribution in [3.63, 3.8) is 0 Å². The number of aromatic nitrogens is 2. The standard InChI is InChI=1S/C13H24N4O2/c1-4-5-14-8-12-15-6-7-17(12)9-13(18)16-11(2)10-19-3/h6-7,11,14H,4-5,8-10H2,1-3H3,(H,16,18). The van der Waals surface area contributed by atoms with Gasteiger partial charge in [-0.15, -0.1) is 0 Å². The first kappa shape index (κ1) is 15.7. The van der Waals surface area contributed by atoms with Gasteiger partial charge in [-0.3, -0.25) is 4.79 Å². The Morgan fingerprint density at radius 2 is 2.37 bits per heavy atom. The van der Waals surface area contributed by atoms with Crippen LogP contribution in [0.5, 0.6) is 0 Å². The minimum Gasteiger partial charge on any atom is -0.383 e. The number of imidazole rings is 1. The van der Waals surface area contributed by atoms with Crippen molar-refractivity contribution in [1.82, 2.24) is 20.2 Å². The molecule has 0 saturated carbocycles. The molecule has 2 N–H and O–H groups in total. The number of hydrogen-bond acceptors (Lipinski definition) is 4. The number of nitrogens with one attached hydrogen (secondary N) is 2. The van der Waals surface area contributed by atoms with Crippen LogP contribution in [0.1, 0.15) is 26.1 Å². The fraction of sp³-hybridized carbons (Fsp3) is 0.692. The van der Waals surface area contributed by atoms with Gasteiger partial charge in [0, 0.05) is 25.5 Å². The number of carbonyl (C=O) groups is 1. The van der Waals surface area contributed by atoms with E-state index in [1.54, 1.807) is 13.3 Å². The van der Waals surface area contributed by atoms with Crippen molar-refractivity contribution in [2.45, 2.75) is 39.4 Å². The van der Waals surface area contributed by atoms with Crippen LogP contribution in [0.4, 0.5) is 0 Å². The molecule has 0 radical (unpaired) electrons. The van der Waals surface area contributed by atoms with Crippen molar-refractivity contribution in [1.29, 1.82) is 0 Å². The number of ether oxygens (including phenoxy) is 1. The summed E-state index contributed by atoms with van der Waals surface area (Å²) in [7, 11) is 1.62. The SMILES string of the molecule is CCCNCc1nccn1CC(=O)NC(C)COC. The maximum atomic E-state index is 11.8. The molecule has 1 unspecified atom stereocenters. The van der Waals surface area contributed by atoms with Gasteiger partial charge < -0.3 is 19.9 Å². The third-order valence-electron chi connectivity index (χ3n) is 2.65. The maximum Gasteiger partial charge on any atom is 0.240 e. The van der Waals surface area contributed by atoms with Crippen LogP contribution in [0.15, 0.2) is 12.4 Å². The monoisotopic (exact) mass is 268 g/mol. The van der Waals surface area contributed by atoms with Crippen LogP contribution >= 0.6 is 0 Å². The van der Waals surface area contributed by atoms with Gasteiger partial charge in [0.15, 0.2) is 0 Å². The predicted octanol–water partition coefficient (Wildman–Crippen LogP) is 0.534. The zero-order valence-electron chi connectivity index (χ0n) is 12.0. The summed E-state index contributed by atoms with van der Waals surface area (Å²) in [6.45, 7) is 6.46. The Balaban J connectivity index is 2.43. The second-order valence-electron chi connectivity index (χ2n) is 4.57. The van der Waals surface area contributed by atoms with E-state index >= 15 is 0 Å². The van der Waals surface area contributed by atoms with Gasteiger partial charge >= 0.3 is 0 Å². The molecule has 1 rings (SSSR count). The molecule has 0 saturated heterocycles. The Morgan fingerprint density at radius 1 is 1.58 bits per heavy atom. The van der Waals surface area contributed by atoms with E-state index in [1.807, 2.05) is 17.7 Å². The van der Waals surface area contributed by atoms with E-state index in [0.717, 1.165) is 18.8 Å². The molecular weight excluding hydrogens is 244 g/mol. The van der Waals surface area contributed by atoms with E-state index < -0.39 is 0 Å². The third kappa shape index (κ3) is 5.85. The molecule has 108 valence electrons. The highest BCUT2D eigenvalue weighted by Crippen LogP contribution is 1.98. The molecule has 0 aliphatic carbocycles. The summed E-state index contributed by atoms with van der Waals surface area (Å²) in [6, 6.07) is 0.0164. The van der Waals surface area contributed by atoms with E-state index in [4.69, 9.17) is 4.74 Å². The first-order chi connectivity index (χ1) is 9.17. The van der Waals surface area contributed by atoms with E-state index in [9.17, 15) is 4.79 Å². The van der Waals surface area contributed by atoms with Crippen LogP contribution in [0.25, 0.3) is 0 Å². The second-order valence-corrected chi connectivity index (χ2v) is 4.57. The molecule has 0 spiro atoms. The van der Waals surface area contributed by atoms with Gasteiger partial charge in [0.1, 0.15) is 12.4 Å². The first-order valence-corrected chi connectivity index (χ1v) is 6.66. The summed E-state index contributed by atoms with van der Waals surface area (Å²) >= 11 is 0. The molecule has 6 heteroatoms. The summed E-state index contributed by atoms with van der Waals surface area (Å²) < 4.78 is 6.84. The van der Waals surface area contributed by atoms with Crippen molar-refractivity contribution < 1.29 is 9.53 Å². The molecule has 0 aliphatic rings. The molecule has 0 fully saturated rings. The summed E-state index contributed by atoms with van der Waals surface area (Å²) in [5.41, 5.74) is 0. The summed E-state index contributed by atoms with van der Waals surface area (Å²) in [6.07, 6.45) is 4.62. The normalized spacial score (nSPS) is 12.4. The Morgan fingerprint density at radius 3 is 3.05 bits per heavy atom. The van der Waals surface area contributed by atoms with Crippen LogP contribution in [0, 0.1) is 0 Å². The predicted molar refractivity (Wildman–Crippen MR) is 73.7 cm³/mol. The molecule has 1 aromatic heterocycles. The summed E-state index contributed by atoms with van der Waals surface area (Å²) in [5.74, 6) is 0.849. The summed E-state index contributed by atoms with van der Waals surface area (Å²) in [4.78, 5) is 16.1. The lowest BCUT2D eigenvalue weighted by Gasteiger charge is -2.14. The van der Waals surface area contributed by atoms with Crippen LogP contribution in [0.2, 0.25) is 0 Å². The average Bonchev–Trinajstić information content (AvgIpc) is 2.77. The Labute approximate surface area is 114 Å². The molecular formula is C13H24N4O2. The fourth-order valence-corrected chi connectivity index (χ4v) is 1.80. The van der Waals surface area contributed by atoms with E-state index in [1.165, 1.54) is 0 Å². The van der Waals surface area contributed by atoms with Gasteiger partial charge in [0.2, 0.25) is 5.91 Å². The molecule has 1 aromatic rings. The number of carbonyl (C=O) groups excluding carboxylic acids is 1. The highest BCUT2D eigenvalue weighted by atomic mass is 16.5.